The Labute approximate surface area is 186 Å². The van der Waals surface area contributed by atoms with Crippen molar-refractivity contribution in [2.45, 2.75) is 32.1 Å². The molecule has 1 saturated heterocycles. The van der Waals surface area contributed by atoms with Gasteiger partial charge in [0, 0.05) is 49.9 Å². The van der Waals surface area contributed by atoms with Gasteiger partial charge in [0.05, 0.1) is 12.1 Å². The molecule has 9 heteroatoms. The molecule has 0 saturated carbocycles. The Morgan fingerprint density at radius 2 is 2.16 bits per heavy atom. The number of hydrogen-bond donors (Lipinski definition) is 0. The Bertz CT molecular complexity index is 1080. The van der Waals surface area contributed by atoms with Crippen LogP contribution in [0.1, 0.15) is 35.8 Å². The van der Waals surface area contributed by atoms with Crippen molar-refractivity contribution >= 4 is 23.5 Å². The van der Waals surface area contributed by atoms with Gasteiger partial charge in [-0.2, -0.15) is 0 Å². The number of nitrogens with zero attached hydrogens (tertiary/aromatic N) is 6. The van der Waals surface area contributed by atoms with Gasteiger partial charge in [-0.3, -0.25) is 4.79 Å². The second-order valence-electron chi connectivity index (χ2n) is 8.03. The molecular weight excluding hydrogens is 416 g/mol. The van der Waals surface area contributed by atoms with Crippen molar-refractivity contribution in [1.82, 2.24) is 25.2 Å². The highest BCUT2D eigenvalue weighted by Gasteiger charge is 2.29. The van der Waals surface area contributed by atoms with Crippen LogP contribution in [0.5, 0.6) is 0 Å². The van der Waals surface area contributed by atoms with Gasteiger partial charge >= 0.3 is 0 Å². The largest absolute Gasteiger partial charge is 0.347 e. The average Bonchev–Trinajstić information content (AvgIpc) is 3.17. The maximum Gasteiger partial charge on any atom is 0.228 e. The summed E-state index contributed by atoms with van der Waals surface area (Å²) >= 11 is 6.24. The zero-order chi connectivity index (χ0) is 22.0. The minimum atomic E-state index is 0.0229. The SMILES string of the molecule is Cc1nonc1CC(=O)N1CCC[C@@H](c2nc(N(C)C)ncc2-c2cccc(Cl)c2)C1. The van der Waals surface area contributed by atoms with Gasteiger partial charge in [0.2, 0.25) is 11.9 Å². The van der Waals surface area contributed by atoms with E-state index in [1.165, 1.54) is 0 Å². The first-order valence-corrected chi connectivity index (χ1v) is 10.7. The van der Waals surface area contributed by atoms with E-state index in [0.717, 1.165) is 36.2 Å². The molecule has 31 heavy (non-hydrogen) atoms. The third-order valence-corrected chi connectivity index (χ3v) is 5.80. The molecule has 3 heterocycles. The minimum absolute atomic E-state index is 0.0229. The third-order valence-electron chi connectivity index (χ3n) is 5.57. The molecule has 3 aromatic rings. The number of benzene rings is 1. The molecule has 0 bridgehead atoms. The Morgan fingerprint density at radius 1 is 1.32 bits per heavy atom. The van der Waals surface area contributed by atoms with E-state index >= 15 is 0 Å². The van der Waals surface area contributed by atoms with Crippen LogP contribution in [0.25, 0.3) is 11.1 Å². The molecule has 0 unspecified atom stereocenters. The molecule has 1 aliphatic heterocycles. The van der Waals surface area contributed by atoms with Crippen molar-refractivity contribution in [3.05, 3.63) is 52.6 Å². The van der Waals surface area contributed by atoms with E-state index in [-0.39, 0.29) is 18.2 Å². The summed E-state index contributed by atoms with van der Waals surface area (Å²) in [6.07, 6.45) is 3.90. The van der Waals surface area contributed by atoms with Crippen LogP contribution in [-0.2, 0) is 11.2 Å². The minimum Gasteiger partial charge on any atom is -0.347 e. The van der Waals surface area contributed by atoms with Gasteiger partial charge in [-0.05, 0) is 37.5 Å². The first kappa shape index (κ1) is 21.2. The first-order chi connectivity index (χ1) is 14.9. The topological polar surface area (TPSA) is 88.2 Å². The lowest BCUT2D eigenvalue weighted by Gasteiger charge is -2.33. The van der Waals surface area contributed by atoms with Gasteiger partial charge < -0.3 is 9.80 Å². The summed E-state index contributed by atoms with van der Waals surface area (Å²) in [5, 5.41) is 8.28. The molecule has 2 aromatic heterocycles. The van der Waals surface area contributed by atoms with Gasteiger partial charge in [-0.25, -0.2) is 14.6 Å². The fourth-order valence-electron chi connectivity index (χ4n) is 3.88. The van der Waals surface area contributed by atoms with E-state index in [1.54, 1.807) is 6.92 Å². The summed E-state index contributed by atoms with van der Waals surface area (Å²) in [4.78, 5) is 26.1. The van der Waals surface area contributed by atoms with Crippen LogP contribution in [0, 0.1) is 6.92 Å². The summed E-state index contributed by atoms with van der Waals surface area (Å²) in [7, 11) is 3.84. The molecule has 1 atom stereocenters. The normalized spacial score (nSPS) is 16.4. The van der Waals surface area contributed by atoms with Crippen LogP contribution >= 0.6 is 11.6 Å². The molecule has 0 spiro atoms. The molecule has 0 N–H and O–H groups in total. The monoisotopic (exact) mass is 440 g/mol. The molecule has 4 rings (SSSR count). The Kier molecular flexibility index (Phi) is 6.18. The van der Waals surface area contributed by atoms with Crippen LogP contribution in [0.2, 0.25) is 5.02 Å². The highest BCUT2D eigenvalue weighted by Crippen LogP contribution is 2.34. The standard InChI is InChI=1S/C22H25ClN6O2/c1-14-19(27-31-26-14)11-20(30)29-9-5-7-16(13-29)21-18(12-24-22(25-21)28(2)3)15-6-4-8-17(23)10-15/h4,6,8,10,12,16H,5,7,9,11,13H2,1-3H3/t16-/m1/s1. The van der Waals surface area contributed by atoms with E-state index in [9.17, 15) is 4.79 Å². The molecule has 1 fully saturated rings. The first-order valence-electron chi connectivity index (χ1n) is 10.3. The maximum absolute atomic E-state index is 12.9. The fourth-order valence-corrected chi connectivity index (χ4v) is 4.07. The van der Waals surface area contributed by atoms with Gasteiger partial charge in [-0.1, -0.05) is 34.0 Å². The van der Waals surface area contributed by atoms with Crippen molar-refractivity contribution in [3.8, 4) is 11.1 Å². The van der Waals surface area contributed by atoms with Gasteiger partial charge in [-0.15, -0.1) is 0 Å². The van der Waals surface area contributed by atoms with E-state index < -0.39 is 0 Å². The number of piperidine rings is 1. The van der Waals surface area contributed by atoms with Gasteiger partial charge in [0.25, 0.3) is 0 Å². The summed E-state index contributed by atoms with van der Waals surface area (Å²) in [5.41, 5.74) is 4.10. The maximum atomic E-state index is 12.9. The molecule has 1 aliphatic rings. The zero-order valence-electron chi connectivity index (χ0n) is 17.9. The Hall–Kier alpha value is -3.00. The zero-order valence-corrected chi connectivity index (χ0v) is 18.6. The van der Waals surface area contributed by atoms with Crippen LogP contribution in [0.4, 0.5) is 5.95 Å². The van der Waals surface area contributed by atoms with Crippen molar-refractivity contribution in [3.63, 3.8) is 0 Å². The summed E-state index contributed by atoms with van der Waals surface area (Å²) < 4.78 is 4.73. The second-order valence-corrected chi connectivity index (χ2v) is 8.46. The lowest BCUT2D eigenvalue weighted by atomic mass is 9.89. The predicted octanol–water partition coefficient (Wildman–Crippen LogP) is 3.50. The van der Waals surface area contributed by atoms with E-state index in [0.29, 0.717) is 28.9 Å². The van der Waals surface area contributed by atoms with E-state index in [4.69, 9.17) is 21.2 Å². The van der Waals surface area contributed by atoms with Gasteiger partial charge in [0.1, 0.15) is 11.4 Å². The highest BCUT2D eigenvalue weighted by atomic mass is 35.5. The number of anilines is 1. The number of halogens is 1. The number of hydrogen-bond acceptors (Lipinski definition) is 7. The number of likely N-dealkylation sites (tertiary alicyclic amines) is 1. The number of carbonyl (C=O) groups excluding carboxylic acids is 1. The lowest BCUT2D eigenvalue weighted by Crippen LogP contribution is -2.40. The Morgan fingerprint density at radius 3 is 2.87 bits per heavy atom. The highest BCUT2D eigenvalue weighted by molar-refractivity contribution is 6.30. The molecule has 8 nitrogen and oxygen atoms in total. The quantitative estimate of drug-likeness (QED) is 0.599. The Balaban J connectivity index is 1.63. The summed E-state index contributed by atoms with van der Waals surface area (Å²) in [6.45, 7) is 3.11. The van der Waals surface area contributed by atoms with Crippen LogP contribution < -0.4 is 4.90 Å². The summed E-state index contributed by atoms with van der Waals surface area (Å²) in [5.74, 6) is 0.771. The molecular formula is C22H25ClN6O2. The predicted molar refractivity (Wildman–Crippen MR) is 118 cm³/mol. The van der Waals surface area contributed by atoms with Gasteiger partial charge in [0.15, 0.2) is 0 Å². The third kappa shape index (κ3) is 4.69. The number of amides is 1. The van der Waals surface area contributed by atoms with Crippen LogP contribution in [0.15, 0.2) is 35.1 Å². The van der Waals surface area contributed by atoms with E-state index in [1.807, 2.05) is 54.4 Å². The average molecular weight is 441 g/mol. The van der Waals surface area contributed by atoms with Crippen molar-refractivity contribution < 1.29 is 9.42 Å². The van der Waals surface area contributed by atoms with E-state index in [2.05, 4.69) is 15.3 Å². The molecule has 0 aliphatic carbocycles. The van der Waals surface area contributed by atoms with Crippen molar-refractivity contribution in [2.24, 2.45) is 0 Å². The number of aromatic nitrogens is 4. The van der Waals surface area contributed by atoms with Crippen molar-refractivity contribution in [2.75, 3.05) is 32.1 Å². The van der Waals surface area contributed by atoms with Crippen molar-refractivity contribution in [1.29, 1.82) is 0 Å². The van der Waals surface area contributed by atoms with Crippen LogP contribution in [-0.4, -0.2) is 58.3 Å². The molecule has 1 amide bonds. The smallest absolute Gasteiger partial charge is 0.228 e. The fraction of sp³-hybridized carbons (Fsp3) is 0.409. The molecule has 0 radical (unpaired) electrons. The summed E-state index contributed by atoms with van der Waals surface area (Å²) in [6, 6.07) is 7.70. The molecule has 1 aromatic carbocycles. The van der Waals surface area contributed by atoms with Crippen LogP contribution in [0.3, 0.4) is 0 Å². The molecule has 162 valence electrons. The lowest BCUT2D eigenvalue weighted by molar-refractivity contribution is -0.131. The number of carbonyl (C=O) groups is 1. The number of aryl methyl sites for hydroxylation is 1. The number of rotatable bonds is 5. The second kappa shape index (κ2) is 9.01.